The number of hydrogen-bond donors (Lipinski definition) is 0. The van der Waals surface area contributed by atoms with Crippen LogP contribution in [0.5, 0.6) is 0 Å². The summed E-state index contributed by atoms with van der Waals surface area (Å²) in [4.78, 5) is 19.3. The lowest BCUT2D eigenvalue weighted by Gasteiger charge is -1.98. The Labute approximate surface area is 60.1 Å². The molecule has 0 aliphatic carbocycles. The first-order valence-corrected chi connectivity index (χ1v) is 3.26. The van der Waals surface area contributed by atoms with Gasteiger partial charge in [0.25, 0.3) is 0 Å². The summed E-state index contributed by atoms with van der Waals surface area (Å²) in [7, 11) is 0. The van der Waals surface area contributed by atoms with E-state index in [9.17, 15) is 9.81 Å². The van der Waals surface area contributed by atoms with E-state index in [0.29, 0.717) is 0 Å². The fourth-order valence-corrected chi connectivity index (χ4v) is 0.450. The number of nitroso groups, excluding NO2 is 2. The highest BCUT2D eigenvalue weighted by Gasteiger charge is 2.13. The van der Waals surface area contributed by atoms with E-state index in [1.165, 1.54) is 0 Å². The van der Waals surface area contributed by atoms with E-state index in [1.807, 2.05) is 22.6 Å². The van der Waals surface area contributed by atoms with E-state index in [4.69, 9.17) is 0 Å². The highest BCUT2D eigenvalue weighted by atomic mass is 127. The summed E-state index contributed by atoms with van der Waals surface area (Å²) >= 11 is 1.92. The van der Waals surface area contributed by atoms with Gasteiger partial charge in [-0.25, -0.2) is 0 Å². The molecule has 1 unspecified atom stereocenters. The van der Waals surface area contributed by atoms with E-state index >= 15 is 0 Å². The third-order valence-corrected chi connectivity index (χ3v) is 1.27. The minimum atomic E-state index is -0.921. The predicted molar refractivity (Wildman–Crippen MR) is 38.9 cm³/mol. The van der Waals surface area contributed by atoms with Gasteiger partial charge in [-0.15, -0.1) is 9.81 Å². The van der Waals surface area contributed by atoms with Crippen LogP contribution in [0.4, 0.5) is 0 Å². The van der Waals surface area contributed by atoms with Crippen molar-refractivity contribution in [3.8, 4) is 0 Å². The lowest BCUT2D eigenvalue weighted by molar-refractivity contribution is 0.708. The number of halogens is 1. The van der Waals surface area contributed by atoms with Gasteiger partial charge >= 0.3 is 0 Å². The van der Waals surface area contributed by atoms with Gasteiger partial charge in [0.05, 0.1) is 3.92 Å². The fourth-order valence-electron chi connectivity index (χ4n) is 0.187. The van der Waals surface area contributed by atoms with Crippen molar-refractivity contribution in [3.63, 3.8) is 0 Å². The highest BCUT2D eigenvalue weighted by molar-refractivity contribution is 14.1. The quantitative estimate of drug-likeness (QED) is 0.419. The molecule has 5 heteroatoms. The van der Waals surface area contributed by atoms with E-state index in [2.05, 4.69) is 10.4 Å². The Kier molecular flexibility index (Phi) is 3.84. The average Bonchev–Trinajstić information content (AvgIpc) is 1.69. The molecule has 0 radical (unpaired) electrons. The lowest BCUT2D eigenvalue weighted by atomic mass is 10.4. The van der Waals surface area contributed by atoms with Crippen LogP contribution in [0.25, 0.3) is 0 Å². The second-order valence-electron chi connectivity index (χ2n) is 1.30. The molecule has 0 heterocycles. The van der Waals surface area contributed by atoms with E-state index < -0.39 is 6.17 Å². The summed E-state index contributed by atoms with van der Waals surface area (Å²) < 4.78 is -0.109. The largest absolute Gasteiger partial charge is 0.233 e. The zero-order valence-electron chi connectivity index (χ0n) is 4.24. The molecule has 0 rings (SSSR count). The minimum Gasteiger partial charge on any atom is -0.148 e. The molecule has 0 aromatic rings. The number of rotatable bonds is 3. The van der Waals surface area contributed by atoms with Crippen LogP contribution in [0, 0.1) is 9.81 Å². The Morgan fingerprint density at radius 1 is 1.38 bits per heavy atom. The summed E-state index contributed by atoms with van der Waals surface area (Å²) in [6.07, 6.45) is -0.921. The molecule has 0 saturated heterocycles. The van der Waals surface area contributed by atoms with Crippen LogP contribution >= 0.6 is 22.6 Å². The maximum atomic E-state index is 9.63. The van der Waals surface area contributed by atoms with Gasteiger partial charge in [0.15, 0.2) is 0 Å². The standard InChI is InChI=1S/C3H5IN2O2/c1-2(4)3(5-7)6-8/h2-3H,1H3. The van der Waals surface area contributed by atoms with Crippen molar-refractivity contribution >= 4 is 22.6 Å². The fraction of sp³-hybridized carbons (Fsp3) is 1.00. The summed E-state index contributed by atoms with van der Waals surface area (Å²) in [6, 6.07) is 0. The van der Waals surface area contributed by atoms with Gasteiger partial charge in [0.2, 0.25) is 6.17 Å². The molecule has 0 bridgehead atoms. The van der Waals surface area contributed by atoms with Crippen molar-refractivity contribution in [1.29, 1.82) is 0 Å². The first-order valence-electron chi connectivity index (χ1n) is 2.01. The Bertz CT molecular complexity index is 87.3. The second kappa shape index (κ2) is 3.88. The Morgan fingerprint density at radius 2 is 1.75 bits per heavy atom. The molecule has 4 nitrogen and oxygen atoms in total. The number of alkyl halides is 1. The van der Waals surface area contributed by atoms with Crippen LogP contribution in [0.3, 0.4) is 0 Å². The molecule has 46 valence electrons. The van der Waals surface area contributed by atoms with Crippen molar-refractivity contribution < 1.29 is 0 Å². The SMILES string of the molecule is CC(I)C(N=O)N=O. The molecule has 0 spiro atoms. The maximum absolute atomic E-state index is 9.63. The third kappa shape index (κ3) is 2.29. The van der Waals surface area contributed by atoms with E-state index in [1.54, 1.807) is 6.92 Å². The third-order valence-electron chi connectivity index (χ3n) is 0.627. The molecule has 0 aromatic carbocycles. The normalized spacial score (nSPS) is 13.4. The zero-order valence-corrected chi connectivity index (χ0v) is 6.40. The van der Waals surface area contributed by atoms with Gasteiger partial charge in [-0.2, -0.15) is 0 Å². The van der Waals surface area contributed by atoms with Crippen LogP contribution in [-0.2, 0) is 0 Å². The van der Waals surface area contributed by atoms with Crippen LogP contribution in [0.1, 0.15) is 6.92 Å². The first kappa shape index (κ1) is 7.93. The van der Waals surface area contributed by atoms with Gasteiger partial charge < -0.3 is 0 Å². The van der Waals surface area contributed by atoms with Crippen LogP contribution < -0.4 is 0 Å². The van der Waals surface area contributed by atoms with E-state index in [-0.39, 0.29) is 3.92 Å². The molecule has 0 saturated carbocycles. The molecule has 0 aromatic heterocycles. The first-order chi connectivity index (χ1) is 3.72. The second-order valence-corrected chi connectivity index (χ2v) is 3.27. The molecule has 0 fully saturated rings. The summed E-state index contributed by atoms with van der Waals surface area (Å²) in [6.45, 7) is 1.70. The Morgan fingerprint density at radius 3 is 1.75 bits per heavy atom. The van der Waals surface area contributed by atoms with Crippen LogP contribution in [0.2, 0.25) is 0 Å². The Hall–Kier alpha value is -0.0700. The molecule has 0 aliphatic rings. The molecule has 0 aliphatic heterocycles. The van der Waals surface area contributed by atoms with Gasteiger partial charge in [0.1, 0.15) is 0 Å². The van der Waals surface area contributed by atoms with Gasteiger partial charge in [-0.1, -0.05) is 22.6 Å². The van der Waals surface area contributed by atoms with Crippen molar-refractivity contribution in [2.45, 2.75) is 17.0 Å². The van der Waals surface area contributed by atoms with Gasteiger partial charge in [-0.3, -0.25) is 0 Å². The highest BCUT2D eigenvalue weighted by Crippen LogP contribution is 2.08. The lowest BCUT2D eigenvalue weighted by Crippen LogP contribution is -2.09. The number of hydrogen-bond acceptors (Lipinski definition) is 4. The number of nitrogens with zero attached hydrogens (tertiary/aromatic N) is 2. The molecule has 0 N–H and O–H groups in total. The summed E-state index contributed by atoms with van der Waals surface area (Å²) in [5, 5.41) is 4.94. The van der Waals surface area contributed by atoms with E-state index in [0.717, 1.165) is 0 Å². The van der Waals surface area contributed by atoms with Crippen LogP contribution in [-0.4, -0.2) is 10.1 Å². The molecular weight excluding hydrogens is 223 g/mol. The molecule has 1 atom stereocenters. The maximum Gasteiger partial charge on any atom is 0.233 e. The monoisotopic (exact) mass is 228 g/mol. The average molecular weight is 228 g/mol. The summed E-state index contributed by atoms with van der Waals surface area (Å²) in [5.41, 5.74) is 0. The van der Waals surface area contributed by atoms with Crippen molar-refractivity contribution in [2.75, 3.05) is 0 Å². The molecular formula is C3H5IN2O2. The minimum absolute atomic E-state index is 0.109. The predicted octanol–water partition coefficient (Wildman–Crippen LogP) is 1.67. The summed E-state index contributed by atoms with van der Waals surface area (Å²) in [5.74, 6) is 0. The molecule has 8 heavy (non-hydrogen) atoms. The topological polar surface area (TPSA) is 58.9 Å². The van der Waals surface area contributed by atoms with Crippen molar-refractivity contribution in [2.24, 2.45) is 10.4 Å². The zero-order chi connectivity index (χ0) is 6.57. The Balaban J connectivity index is 3.68. The van der Waals surface area contributed by atoms with Crippen molar-refractivity contribution in [1.82, 2.24) is 0 Å². The smallest absolute Gasteiger partial charge is 0.148 e. The molecule has 0 amide bonds. The van der Waals surface area contributed by atoms with Gasteiger partial charge in [0, 0.05) is 0 Å². The van der Waals surface area contributed by atoms with Crippen LogP contribution in [0.15, 0.2) is 10.4 Å². The van der Waals surface area contributed by atoms with Crippen molar-refractivity contribution in [3.05, 3.63) is 9.81 Å². The van der Waals surface area contributed by atoms with Gasteiger partial charge in [-0.05, 0) is 17.3 Å².